The number of carbonyl (C=O) groups is 3. The molecule has 2 rings (SSSR count). The third-order valence-electron chi connectivity index (χ3n) is 4.22. The van der Waals surface area contributed by atoms with Gasteiger partial charge in [0.25, 0.3) is 5.91 Å². The third kappa shape index (κ3) is 5.60. The third-order valence-corrected chi connectivity index (χ3v) is 5.78. The molecular weight excluding hydrogens is 388 g/mol. The van der Waals surface area contributed by atoms with Gasteiger partial charge in [0.15, 0.2) is 11.9 Å². The number of amides is 1. The van der Waals surface area contributed by atoms with E-state index in [9.17, 15) is 22.8 Å². The highest BCUT2D eigenvalue weighted by atomic mass is 32.2. The maximum absolute atomic E-state index is 12.4. The molecule has 1 aliphatic rings. The van der Waals surface area contributed by atoms with Crippen LogP contribution in [0.15, 0.2) is 29.2 Å². The molecule has 0 unspecified atom stereocenters. The van der Waals surface area contributed by atoms with Crippen molar-refractivity contribution < 1.29 is 32.3 Å². The van der Waals surface area contributed by atoms with Crippen molar-refractivity contribution >= 4 is 27.7 Å². The van der Waals surface area contributed by atoms with Gasteiger partial charge in [0.05, 0.1) is 18.1 Å². The first-order valence-electron chi connectivity index (χ1n) is 8.82. The van der Waals surface area contributed by atoms with E-state index in [1.54, 1.807) is 0 Å². The first-order valence-corrected chi connectivity index (χ1v) is 10.3. The number of benzene rings is 1. The van der Waals surface area contributed by atoms with Gasteiger partial charge in [0.2, 0.25) is 10.0 Å². The van der Waals surface area contributed by atoms with Crippen LogP contribution >= 0.6 is 0 Å². The van der Waals surface area contributed by atoms with Crippen LogP contribution in [0.4, 0.5) is 0 Å². The van der Waals surface area contributed by atoms with Gasteiger partial charge in [-0.15, -0.1) is 0 Å². The van der Waals surface area contributed by atoms with Gasteiger partial charge >= 0.3 is 5.97 Å². The van der Waals surface area contributed by atoms with Crippen LogP contribution in [0.5, 0.6) is 0 Å². The molecule has 1 aliphatic heterocycles. The number of rotatable bonds is 7. The van der Waals surface area contributed by atoms with Crippen LogP contribution < -0.4 is 4.72 Å². The smallest absolute Gasteiger partial charge is 0.324 e. The van der Waals surface area contributed by atoms with Gasteiger partial charge < -0.3 is 14.4 Å². The van der Waals surface area contributed by atoms with E-state index in [4.69, 9.17) is 9.47 Å². The highest BCUT2D eigenvalue weighted by Gasteiger charge is 2.29. The topological polar surface area (TPSA) is 119 Å². The molecule has 0 aliphatic carbocycles. The van der Waals surface area contributed by atoms with E-state index in [1.807, 2.05) is 0 Å². The Morgan fingerprint density at radius 1 is 1.11 bits per heavy atom. The van der Waals surface area contributed by atoms with E-state index >= 15 is 0 Å². The molecule has 9 nitrogen and oxygen atoms in total. The molecule has 0 bridgehead atoms. The van der Waals surface area contributed by atoms with Crippen LogP contribution in [0.1, 0.15) is 31.1 Å². The van der Waals surface area contributed by atoms with E-state index in [-0.39, 0.29) is 16.6 Å². The predicted molar refractivity (Wildman–Crippen MR) is 99.2 cm³/mol. The summed E-state index contributed by atoms with van der Waals surface area (Å²) in [6.45, 7) is 5.82. The van der Waals surface area contributed by atoms with Crippen molar-refractivity contribution in [3.8, 4) is 0 Å². The Morgan fingerprint density at radius 2 is 1.68 bits per heavy atom. The molecule has 1 fully saturated rings. The molecule has 1 amide bonds. The number of nitrogens with one attached hydrogen (secondary N) is 1. The Labute approximate surface area is 164 Å². The molecular formula is C18H24N2O7S. The standard InChI is InChI=1S/C18H24N2O7S/c1-12(18(23)27-14(3)17(22)20-8-10-26-11-9-20)19-28(24,25)16-6-4-15(5-7-16)13(2)21/h4-7,12,14,19H,8-11H2,1-3H3/t12-,14+/m1/s1. The Morgan fingerprint density at radius 3 is 2.21 bits per heavy atom. The summed E-state index contributed by atoms with van der Waals surface area (Å²) in [5.74, 6) is -1.41. The summed E-state index contributed by atoms with van der Waals surface area (Å²) in [7, 11) is -4.00. The maximum atomic E-state index is 12.4. The molecule has 1 N–H and O–H groups in total. The molecule has 0 radical (unpaired) electrons. The van der Waals surface area contributed by atoms with Gasteiger partial charge in [0.1, 0.15) is 6.04 Å². The number of nitrogens with zero attached hydrogens (tertiary/aromatic N) is 1. The van der Waals surface area contributed by atoms with Crippen LogP contribution in [-0.4, -0.2) is 69.4 Å². The van der Waals surface area contributed by atoms with Gasteiger partial charge in [-0.05, 0) is 32.9 Å². The molecule has 0 saturated carbocycles. The van der Waals surface area contributed by atoms with Gasteiger partial charge in [-0.1, -0.05) is 12.1 Å². The molecule has 0 spiro atoms. The number of ketones is 1. The summed E-state index contributed by atoms with van der Waals surface area (Å²) < 4.78 is 37.3. The van der Waals surface area contributed by atoms with E-state index < -0.39 is 28.1 Å². The van der Waals surface area contributed by atoms with Crippen LogP contribution in [-0.2, 0) is 29.1 Å². The van der Waals surface area contributed by atoms with Crippen molar-refractivity contribution in [1.82, 2.24) is 9.62 Å². The number of carbonyl (C=O) groups excluding carboxylic acids is 3. The van der Waals surface area contributed by atoms with Crippen molar-refractivity contribution in [1.29, 1.82) is 0 Å². The highest BCUT2D eigenvalue weighted by Crippen LogP contribution is 2.12. The molecule has 1 aromatic rings. The van der Waals surface area contributed by atoms with E-state index in [2.05, 4.69) is 4.72 Å². The first kappa shape index (κ1) is 22.0. The Kier molecular flexibility index (Phi) is 7.28. The lowest BCUT2D eigenvalue weighted by Gasteiger charge is -2.29. The largest absolute Gasteiger partial charge is 0.451 e. The molecule has 28 heavy (non-hydrogen) atoms. The number of hydrogen-bond donors (Lipinski definition) is 1. The fourth-order valence-corrected chi connectivity index (χ4v) is 3.78. The number of sulfonamides is 1. The number of morpholine rings is 1. The lowest BCUT2D eigenvalue weighted by Crippen LogP contribution is -2.47. The van der Waals surface area contributed by atoms with Gasteiger partial charge in [-0.3, -0.25) is 14.4 Å². The van der Waals surface area contributed by atoms with E-state index in [1.165, 1.54) is 49.9 Å². The zero-order valence-electron chi connectivity index (χ0n) is 16.0. The lowest BCUT2D eigenvalue weighted by atomic mass is 10.2. The SMILES string of the molecule is CC(=O)c1ccc(S(=O)(=O)N[C@H](C)C(=O)O[C@@H](C)C(=O)N2CCOCC2)cc1. The van der Waals surface area contributed by atoms with Crippen LogP contribution in [0.25, 0.3) is 0 Å². The number of Topliss-reactive ketones (excluding diaryl/α,β-unsaturated/α-hetero) is 1. The first-order chi connectivity index (χ1) is 13.1. The van der Waals surface area contributed by atoms with Crippen LogP contribution in [0.2, 0.25) is 0 Å². The summed E-state index contributed by atoms with van der Waals surface area (Å²) in [4.78, 5) is 37.2. The highest BCUT2D eigenvalue weighted by molar-refractivity contribution is 7.89. The molecule has 2 atom stereocenters. The van der Waals surface area contributed by atoms with E-state index in [0.29, 0.717) is 31.9 Å². The molecule has 1 saturated heterocycles. The number of hydrogen-bond acceptors (Lipinski definition) is 7. The second kappa shape index (κ2) is 9.26. The van der Waals surface area contributed by atoms with Gasteiger partial charge in [-0.25, -0.2) is 8.42 Å². The van der Waals surface area contributed by atoms with Crippen molar-refractivity contribution in [3.63, 3.8) is 0 Å². The fraction of sp³-hybridized carbons (Fsp3) is 0.500. The summed E-state index contributed by atoms with van der Waals surface area (Å²) in [6, 6.07) is 4.15. The van der Waals surface area contributed by atoms with Crippen molar-refractivity contribution in [2.75, 3.05) is 26.3 Å². The minimum absolute atomic E-state index is 0.0883. The summed E-state index contributed by atoms with van der Waals surface area (Å²) in [5.41, 5.74) is 0.377. The molecule has 0 aromatic heterocycles. The zero-order chi connectivity index (χ0) is 20.9. The molecule has 1 aromatic carbocycles. The second-order valence-electron chi connectivity index (χ2n) is 6.44. The van der Waals surface area contributed by atoms with Crippen LogP contribution in [0.3, 0.4) is 0 Å². The lowest BCUT2D eigenvalue weighted by molar-refractivity contribution is -0.161. The Bertz CT molecular complexity index is 830. The number of ether oxygens (including phenoxy) is 2. The van der Waals surface area contributed by atoms with Gasteiger partial charge in [0, 0.05) is 18.7 Å². The van der Waals surface area contributed by atoms with Crippen molar-refractivity contribution in [3.05, 3.63) is 29.8 Å². The average molecular weight is 412 g/mol. The molecule has 10 heteroatoms. The van der Waals surface area contributed by atoms with E-state index in [0.717, 1.165) is 0 Å². The molecule has 154 valence electrons. The summed E-state index contributed by atoms with van der Waals surface area (Å²) >= 11 is 0. The normalized spacial score (nSPS) is 16.9. The quantitative estimate of drug-likeness (QED) is 0.507. The van der Waals surface area contributed by atoms with Crippen LogP contribution in [0, 0.1) is 0 Å². The summed E-state index contributed by atoms with van der Waals surface area (Å²) in [5, 5.41) is 0. The monoisotopic (exact) mass is 412 g/mol. The Hall–Kier alpha value is -2.30. The summed E-state index contributed by atoms with van der Waals surface area (Å²) in [6.07, 6.45) is -1.03. The predicted octanol–water partition coefficient (Wildman–Crippen LogP) is 0.347. The minimum Gasteiger partial charge on any atom is -0.451 e. The second-order valence-corrected chi connectivity index (χ2v) is 8.15. The fourth-order valence-electron chi connectivity index (χ4n) is 2.59. The average Bonchev–Trinajstić information content (AvgIpc) is 2.67. The molecule has 1 heterocycles. The minimum atomic E-state index is -4.00. The zero-order valence-corrected chi connectivity index (χ0v) is 16.8. The Balaban J connectivity index is 1.96. The van der Waals surface area contributed by atoms with Crippen molar-refractivity contribution in [2.45, 2.75) is 37.8 Å². The van der Waals surface area contributed by atoms with Crippen molar-refractivity contribution in [2.24, 2.45) is 0 Å². The van der Waals surface area contributed by atoms with Gasteiger partial charge in [-0.2, -0.15) is 4.72 Å². The number of esters is 1. The maximum Gasteiger partial charge on any atom is 0.324 e.